The summed E-state index contributed by atoms with van der Waals surface area (Å²) in [6.07, 6.45) is 0.126. The summed E-state index contributed by atoms with van der Waals surface area (Å²) in [5.41, 5.74) is 14.4. The average Bonchev–Trinajstić information content (AvgIpc) is 3.45. The summed E-state index contributed by atoms with van der Waals surface area (Å²) in [5, 5.41) is 0. The number of esters is 1. The number of ether oxygens (including phenoxy) is 6. The van der Waals surface area contributed by atoms with Crippen LogP contribution in [0.2, 0.25) is 0 Å². The monoisotopic (exact) mass is 459 g/mol. The highest BCUT2D eigenvalue weighted by Crippen LogP contribution is 2.57. The minimum atomic E-state index is -0.583. The van der Waals surface area contributed by atoms with E-state index in [9.17, 15) is 4.79 Å². The lowest BCUT2D eigenvalue weighted by Gasteiger charge is -2.39. The van der Waals surface area contributed by atoms with Crippen molar-refractivity contribution in [3.05, 3.63) is 34.4 Å². The third-order valence-electron chi connectivity index (χ3n) is 6.26. The molecule has 2 aromatic rings. The zero-order chi connectivity index (χ0) is 23.9. The van der Waals surface area contributed by atoms with Crippen molar-refractivity contribution in [2.75, 3.05) is 54.5 Å². The quantitative estimate of drug-likeness (QED) is 0.518. The molecule has 0 aliphatic carbocycles. The first-order valence-electron chi connectivity index (χ1n) is 10.5. The molecule has 0 amide bonds. The van der Waals surface area contributed by atoms with E-state index in [0.717, 1.165) is 23.2 Å². The van der Waals surface area contributed by atoms with Gasteiger partial charge in [0.1, 0.15) is 11.7 Å². The molecule has 0 bridgehead atoms. The summed E-state index contributed by atoms with van der Waals surface area (Å²) in [5.74, 6) is 1.93. The third-order valence-corrected chi connectivity index (χ3v) is 6.26. The number of nitrogens with zero attached hydrogens (tertiary/aromatic N) is 1. The summed E-state index contributed by atoms with van der Waals surface area (Å²) in [6.45, 7) is 0.804. The fourth-order valence-electron chi connectivity index (χ4n) is 4.87. The van der Waals surface area contributed by atoms with Crippen LogP contribution in [0.3, 0.4) is 0 Å². The number of fused-ring (bicyclic) bond motifs is 3. The van der Waals surface area contributed by atoms with Crippen molar-refractivity contribution in [1.82, 2.24) is 4.90 Å². The van der Waals surface area contributed by atoms with E-state index in [-0.39, 0.29) is 12.8 Å². The van der Waals surface area contributed by atoms with Crippen LogP contribution in [0.4, 0.5) is 5.69 Å². The van der Waals surface area contributed by atoms with Crippen molar-refractivity contribution in [2.45, 2.75) is 18.6 Å². The van der Waals surface area contributed by atoms with Gasteiger partial charge < -0.3 is 39.9 Å². The van der Waals surface area contributed by atoms with Crippen LogP contribution >= 0.6 is 0 Å². The second-order valence-electron chi connectivity index (χ2n) is 7.67. The molecule has 33 heavy (non-hydrogen) atoms. The number of nitrogens with two attached hydrogens (primary N) is 2. The van der Waals surface area contributed by atoms with Crippen LogP contribution < -0.4 is 35.2 Å². The molecule has 0 radical (unpaired) electrons. The molecule has 3 heterocycles. The molecule has 0 aromatic heterocycles. The number of anilines is 1. The number of hydrogen-bond donors (Lipinski definition) is 2. The highest BCUT2D eigenvalue weighted by atomic mass is 16.7. The third kappa shape index (κ3) is 3.28. The van der Waals surface area contributed by atoms with Crippen LogP contribution in [0, 0.1) is 0 Å². The number of hydrogen-bond acceptors (Lipinski definition) is 10. The Kier molecular flexibility index (Phi) is 6.13. The van der Waals surface area contributed by atoms with E-state index in [1.807, 2.05) is 13.1 Å². The molecule has 5 rings (SSSR count). The molecular formula is C23H29N3O7. The second kappa shape index (κ2) is 8.87. The van der Waals surface area contributed by atoms with Crippen LogP contribution in [0.5, 0.6) is 28.7 Å². The Morgan fingerprint density at radius 1 is 1.03 bits per heavy atom. The average molecular weight is 459 g/mol. The predicted octanol–water partition coefficient (Wildman–Crippen LogP) is 2.04. The van der Waals surface area contributed by atoms with E-state index < -0.39 is 12.1 Å². The Morgan fingerprint density at radius 3 is 2.39 bits per heavy atom. The maximum absolute atomic E-state index is 12.9. The molecule has 0 spiro atoms. The normalized spacial score (nSPS) is 20.2. The molecule has 2 aromatic carbocycles. The first-order chi connectivity index (χ1) is 16.0. The topological polar surface area (TPSA) is 128 Å². The summed E-state index contributed by atoms with van der Waals surface area (Å²) < 4.78 is 33.8. The van der Waals surface area contributed by atoms with Crippen LogP contribution in [-0.4, -0.2) is 59.6 Å². The zero-order valence-corrected chi connectivity index (χ0v) is 19.4. The number of carbonyl (C=O) groups is 1. The maximum Gasteiger partial charge on any atom is 0.343 e. The lowest BCUT2D eigenvalue weighted by Crippen LogP contribution is -2.36. The lowest BCUT2D eigenvalue weighted by molar-refractivity contribution is 0.00879. The van der Waals surface area contributed by atoms with Gasteiger partial charge in [0.05, 0.1) is 33.1 Å². The van der Waals surface area contributed by atoms with E-state index in [1.54, 1.807) is 13.2 Å². The highest BCUT2D eigenvalue weighted by Gasteiger charge is 2.47. The van der Waals surface area contributed by atoms with Crippen molar-refractivity contribution in [1.29, 1.82) is 0 Å². The van der Waals surface area contributed by atoms with Gasteiger partial charge in [0, 0.05) is 17.7 Å². The highest BCUT2D eigenvalue weighted by molar-refractivity contribution is 5.98. The van der Waals surface area contributed by atoms with Gasteiger partial charge in [0.2, 0.25) is 12.5 Å². The largest absolute Gasteiger partial charge is 0.493 e. The van der Waals surface area contributed by atoms with Gasteiger partial charge in [0.25, 0.3) is 0 Å². The van der Waals surface area contributed by atoms with Gasteiger partial charge in [-0.1, -0.05) is 6.07 Å². The number of benzene rings is 2. The lowest BCUT2D eigenvalue weighted by atomic mass is 9.84. The molecular weight excluding hydrogens is 430 g/mol. The van der Waals surface area contributed by atoms with Gasteiger partial charge in [-0.05, 0) is 32.1 Å². The summed E-state index contributed by atoms with van der Waals surface area (Å²) in [4.78, 5) is 15.1. The van der Waals surface area contributed by atoms with Gasteiger partial charge >= 0.3 is 5.97 Å². The Labute approximate surface area is 192 Å². The van der Waals surface area contributed by atoms with E-state index in [2.05, 4.69) is 10.6 Å². The van der Waals surface area contributed by atoms with Crippen molar-refractivity contribution in [3.8, 4) is 28.7 Å². The molecule has 3 aliphatic heterocycles. The SMILES string of the molecule is CN.COc1ccc2c(c1OC)C(=O)OC2C1c2c(c(N)c3c(c2OC)OCO3)CCN1C. The zero-order valence-electron chi connectivity index (χ0n) is 19.4. The van der Waals surface area contributed by atoms with Gasteiger partial charge in [0.15, 0.2) is 23.0 Å². The van der Waals surface area contributed by atoms with Gasteiger partial charge in [-0.2, -0.15) is 0 Å². The Morgan fingerprint density at radius 2 is 1.73 bits per heavy atom. The predicted molar refractivity (Wildman–Crippen MR) is 120 cm³/mol. The van der Waals surface area contributed by atoms with Crippen LogP contribution in [-0.2, 0) is 11.2 Å². The maximum atomic E-state index is 12.9. The first-order valence-corrected chi connectivity index (χ1v) is 10.5. The smallest absolute Gasteiger partial charge is 0.343 e. The standard InChI is InChI=1S/C22H24N2O7.CH5N/c1-24-8-7-10-13(19(28-4)21-20(15(10)23)29-9-30-21)16(24)17-11-5-6-12(26-2)18(27-3)14(11)22(25)31-17;1-2/h5-6,16-17H,7-9,23H2,1-4H3;2H2,1H3. The number of carbonyl (C=O) groups excluding carboxylic acids is 1. The van der Waals surface area contributed by atoms with E-state index in [1.165, 1.54) is 21.3 Å². The van der Waals surface area contributed by atoms with E-state index in [4.69, 9.17) is 34.2 Å². The number of likely N-dealkylation sites (N-methyl/N-ethyl adjacent to an activating group) is 1. The van der Waals surface area contributed by atoms with Gasteiger partial charge in [-0.25, -0.2) is 4.79 Å². The molecule has 3 aliphatic rings. The molecule has 0 saturated heterocycles. The minimum absolute atomic E-state index is 0.0809. The molecule has 10 nitrogen and oxygen atoms in total. The van der Waals surface area contributed by atoms with Crippen LogP contribution in [0.1, 0.15) is 39.2 Å². The molecule has 0 fully saturated rings. The number of rotatable bonds is 4. The van der Waals surface area contributed by atoms with Crippen molar-refractivity contribution >= 4 is 11.7 Å². The van der Waals surface area contributed by atoms with Crippen molar-refractivity contribution < 1.29 is 33.2 Å². The number of nitrogen functional groups attached to an aromatic ring is 1. The molecule has 10 heteroatoms. The van der Waals surface area contributed by atoms with Gasteiger partial charge in [-0.3, -0.25) is 4.90 Å². The molecule has 178 valence electrons. The fraction of sp³-hybridized carbons (Fsp3) is 0.435. The number of methoxy groups -OCH3 is 3. The Balaban J connectivity index is 0.00000126. The van der Waals surface area contributed by atoms with Gasteiger partial charge in [-0.15, -0.1) is 0 Å². The Bertz CT molecular complexity index is 1090. The van der Waals surface area contributed by atoms with E-state index in [0.29, 0.717) is 46.4 Å². The second-order valence-corrected chi connectivity index (χ2v) is 7.67. The van der Waals surface area contributed by atoms with Crippen LogP contribution in [0.25, 0.3) is 0 Å². The van der Waals surface area contributed by atoms with Crippen molar-refractivity contribution in [2.24, 2.45) is 5.73 Å². The summed E-state index contributed by atoms with van der Waals surface area (Å²) in [7, 11) is 8.11. The number of cyclic esters (lactones) is 1. The molecule has 4 N–H and O–H groups in total. The fourth-order valence-corrected chi connectivity index (χ4v) is 4.87. The molecule has 2 atom stereocenters. The van der Waals surface area contributed by atoms with Crippen LogP contribution in [0.15, 0.2) is 12.1 Å². The first kappa shape index (κ1) is 22.8. The summed E-state index contributed by atoms with van der Waals surface area (Å²) in [6, 6.07) is 3.29. The molecule has 2 unspecified atom stereocenters. The minimum Gasteiger partial charge on any atom is -0.493 e. The van der Waals surface area contributed by atoms with E-state index >= 15 is 0 Å². The summed E-state index contributed by atoms with van der Waals surface area (Å²) >= 11 is 0. The molecule has 0 saturated carbocycles. The Hall–Kier alpha value is -3.37. The van der Waals surface area contributed by atoms with Crippen molar-refractivity contribution in [3.63, 3.8) is 0 Å².